The second kappa shape index (κ2) is 7.32. The van der Waals surface area contributed by atoms with Gasteiger partial charge in [0.2, 0.25) is 0 Å². The van der Waals surface area contributed by atoms with Crippen molar-refractivity contribution in [3.63, 3.8) is 0 Å². The highest BCUT2D eigenvalue weighted by atomic mass is 19.1. The summed E-state index contributed by atoms with van der Waals surface area (Å²) >= 11 is 0. The van der Waals surface area contributed by atoms with Crippen LogP contribution in [0, 0.1) is 5.82 Å². The van der Waals surface area contributed by atoms with Gasteiger partial charge in [0.15, 0.2) is 5.82 Å². The SMILES string of the molecule is Fc1ccccc1-c1nc2ccn(Cc3ccc(-c4ccccc4)cc3)cc-2n1. The summed E-state index contributed by atoms with van der Waals surface area (Å²) in [6.07, 6.45) is 3.94. The maximum atomic E-state index is 14.0. The van der Waals surface area contributed by atoms with Crippen LogP contribution in [-0.2, 0) is 6.54 Å². The van der Waals surface area contributed by atoms with E-state index in [0.29, 0.717) is 11.4 Å². The molecule has 0 spiro atoms. The first-order valence-electron chi connectivity index (χ1n) is 9.49. The van der Waals surface area contributed by atoms with Crippen LogP contribution >= 0.6 is 0 Å². The minimum Gasteiger partial charge on any atom is -0.348 e. The summed E-state index contributed by atoms with van der Waals surface area (Å²) in [4.78, 5) is 9.00. The van der Waals surface area contributed by atoms with Crippen LogP contribution in [0.2, 0.25) is 0 Å². The van der Waals surface area contributed by atoms with Gasteiger partial charge in [-0.1, -0.05) is 66.7 Å². The number of rotatable bonds is 4. The molecule has 0 atom stereocenters. The molecule has 3 aromatic rings. The maximum Gasteiger partial charge on any atom is 0.163 e. The summed E-state index contributed by atoms with van der Waals surface area (Å²) in [5.41, 5.74) is 5.55. The number of halogens is 1. The molecule has 0 radical (unpaired) electrons. The van der Waals surface area contributed by atoms with E-state index in [4.69, 9.17) is 0 Å². The van der Waals surface area contributed by atoms with E-state index < -0.39 is 0 Å². The zero-order valence-corrected chi connectivity index (χ0v) is 15.7. The Bertz CT molecular complexity index is 1230. The molecular weight excluding hydrogens is 361 g/mol. The zero-order valence-electron chi connectivity index (χ0n) is 15.7. The molecule has 0 N–H and O–H groups in total. The number of hydrogen-bond acceptors (Lipinski definition) is 2. The Hall–Kier alpha value is -3.79. The minimum atomic E-state index is -0.311. The van der Waals surface area contributed by atoms with Gasteiger partial charge in [-0.15, -0.1) is 0 Å². The van der Waals surface area contributed by atoms with Crippen molar-refractivity contribution >= 4 is 0 Å². The topological polar surface area (TPSA) is 30.7 Å². The number of hydrogen-bond donors (Lipinski definition) is 0. The molecule has 0 aliphatic carbocycles. The van der Waals surface area contributed by atoms with Crippen molar-refractivity contribution in [2.24, 2.45) is 0 Å². The van der Waals surface area contributed by atoms with Crippen LogP contribution < -0.4 is 0 Å². The third-order valence-electron chi connectivity index (χ3n) is 4.97. The summed E-state index contributed by atoms with van der Waals surface area (Å²) in [5.74, 6) is 0.109. The molecule has 2 heterocycles. The van der Waals surface area contributed by atoms with Gasteiger partial charge in [-0.3, -0.25) is 0 Å². The summed E-state index contributed by atoms with van der Waals surface area (Å²) in [6.45, 7) is 0.729. The highest BCUT2D eigenvalue weighted by Crippen LogP contribution is 2.26. The average molecular weight is 379 g/mol. The standard InChI is InChI=1S/C25H18FN3/c26-22-9-5-4-8-21(22)25-27-23-14-15-29(17-24(23)28-25)16-18-10-12-20(13-11-18)19-6-2-1-3-7-19/h1-15,17H,16H2. The highest BCUT2D eigenvalue weighted by molar-refractivity contribution is 5.66. The maximum absolute atomic E-state index is 14.0. The van der Waals surface area contributed by atoms with Crippen LogP contribution in [0.25, 0.3) is 33.9 Å². The van der Waals surface area contributed by atoms with Crippen LogP contribution in [0.5, 0.6) is 0 Å². The molecule has 2 aliphatic rings. The first-order chi connectivity index (χ1) is 14.3. The fourth-order valence-electron chi connectivity index (χ4n) is 3.46. The summed E-state index contributed by atoms with van der Waals surface area (Å²) in [7, 11) is 0. The Kier molecular flexibility index (Phi) is 4.37. The minimum absolute atomic E-state index is 0.311. The molecule has 4 heteroatoms. The molecule has 140 valence electrons. The molecule has 3 nitrogen and oxygen atoms in total. The quantitative estimate of drug-likeness (QED) is 0.389. The Morgan fingerprint density at radius 3 is 2.17 bits per heavy atom. The molecule has 5 rings (SSSR count). The molecule has 0 saturated carbocycles. The Labute approximate surface area is 168 Å². The van der Waals surface area contributed by atoms with Gasteiger partial charge in [-0.2, -0.15) is 0 Å². The molecule has 0 aromatic heterocycles. The molecule has 3 aromatic carbocycles. The van der Waals surface area contributed by atoms with Crippen LogP contribution in [0.1, 0.15) is 5.56 Å². The lowest BCUT2D eigenvalue weighted by Gasteiger charge is -2.09. The Morgan fingerprint density at radius 2 is 1.38 bits per heavy atom. The van der Waals surface area contributed by atoms with Crippen molar-refractivity contribution in [3.05, 3.63) is 109 Å². The third-order valence-corrected chi connectivity index (χ3v) is 4.97. The van der Waals surface area contributed by atoms with Crippen LogP contribution in [-0.4, -0.2) is 14.5 Å². The average Bonchev–Trinajstić information content (AvgIpc) is 3.18. The number of fused-ring (bicyclic) bond motifs is 1. The number of imidazole rings is 1. The van der Waals surface area contributed by atoms with Crippen molar-refractivity contribution in [2.75, 3.05) is 0 Å². The molecule has 0 amide bonds. The summed E-state index contributed by atoms with van der Waals surface area (Å²) < 4.78 is 16.1. The van der Waals surface area contributed by atoms with Crippen molar-refractivity contribution < 1.29 is 4.39 Å². The normalized spacial score (nSPS) is 11.1. The van der Waals surface area contributed by atoms with Crippen molar-refractivity contribution in [1.82, 2.24) is 14.5 Å². The van der Waals surface area contributed by atoms with Gasteiger partial charge in [0.25, 0.3) is 0 Å². The van der Waals surface area contributed by atoms with Gasteiger partial charge < -0.3 is 4.57 Å². The predicted octanol–water partition coefficient (Wildman–Crippen LogP) is 5.90. The molecule has 0 unspecified atom stereocenters. The first kappa shape index (κ1) is 17.3. The Balaban J connectivity index is 1.40. The smallest absolute Gasteiger partial charge is 0.163 e. The second-order valence-electron chi connectivity index (χ2n) is 6.98. The van der Waals surface area contributed by atoms with E-state index in [1.54, 1.807) is 18.2 Å². The predicted molar refractivity (Wildman–Crippen MR) is 113 cm³/mol. The first-order valence-corrected chi connectivity index (χ1v) is 9.49. The van der Waals surface area contributed by atoms with Gasteiger partial charge in [-0.25, -0.2) is 14.4 Å². The lowest BCUT2D eigenvalue weighted by molar-refractivity contribution is 0.630. The number of benzene rings is 3. The van der Waals surface area contributed by atoms with E-state index in [2.05, 4.69) is 50.9 Å². The molecular formula is C25H18FN3. The van der Waals surface area contributed by atoms with Gasteiger partial charge in [0, 0.05) is 18.9 Å². The van der Waals surface area contributed by atoms with Crippen molar-refractivity contribution in [3.8, 4) is 33.9 Å². The van der Waals surface area contributed by atoms with Gasteiger partial charge in [-0.05, 0) is 34.9 Å². The number of pyridine rings is 1. The van der Waals surface area contributed by atoms with Crippen molar-refractivity contribution in [2.45, 2.75) is 6.54 Å². The molecule has 0 saturated heterocycles. The van der Waals surface area contributed by atoms with Crippen LogP contribution in [0.15, 0.2) is 97.3 Å². The van der Waals surface area contributed by atoms with E-state index in [1.165, 1.54) is 22.8 Å². The molecule has 0 bridgehead atoms. The molecule has 29 heavy (non-hydrogen) atoms. The lowest BCUT2D eigenvalue weighted by atomic mass is 10.0. The number of aromatic nitrogens is 3. The van der Waals surface area contributed by atoms with Crippen molar-refractivity contribution in [1.29, 1.82) is 0 Å². The van der Waals surface area contributed by atoms with E-state index in [0.717, 1.165) is 17.9 Å². The fraction of sp³-hybridized carbons (Fsp3) is 0.0400. The summed E-state index contributed by atoms with van der Waals surface area (Å²) in [5, 5.41) is 0. The van der Waals surface area contributed by atoms with E-state index in [9.17, 15) is 4.39 Å². The third kappa shape index (κ3) is 3.52. The van der Waals surface area contributed by atoms with E-state index in [1.807, 2.05) is 36.7 Å². The lowest BCUT2D eigenvalue weighted by Crippen LogP contribution is -2.00. The van der Waals surface area contributed by atoms with Crippen LogP contribution in [0.3, 0.4) is 0 Å². The fourth-order valence-corrected chi connectivity index (χ4v) is 3.46. The summed E-state index contributed by atoms with van der Waals surface area (Å²) in [6, 6.07) is 27.4. The van der Waals surface area contributed by atoms with Gasteiger partial charge in [0.05, 0.1) is 11.3 Å². The van der Waals surface area contributed by atoms with Gasteiger partial charge >= 0.3 is 0 Å². The highest BCUT2D eigenvalue weighted by Gasteiger charge is 2.15. The largest absolute Gasteiger partial charge is 0.348 e. The molecule has 0 fully saturated rings. The second-order valence-corrected chi connectivity index (χ2v) is 6.98. The van der Waals surface area contributed by atoms with Gasteiger partial charge in [0.1, 0.15) is 11.5 Å². The van der Waals surface area contributed by atoms with E-state index >= 15 is 0 Å². The monoisotopic (exact) mass is 379 g/mol. The van der Waals surface area contributed by atoms with Crippen LogP contribution in [0.4, 0.5) is 4.39 Å². The van der Waals surface area contributed by atoms with E-state index in [-0.39, 0.29) is 5.82 Å². The molecule has 2 aliphatic heterocycles. The zero-order chi connectivity index (χ0) is 19.6. The Morgan fingerprint density at radius 1 is 0.690 bits per heavy atom. The number of nitrogens with zero attached hydrogens (tertiary/aromatic N) is 3.